The van der Waals surface area contributed by atoms with Crippen LogP contribution in [-0.4, -0.2) is 24.0 Å². The molecule has 1 N–H and O–H groups in total. The van der Waals surface area contributed by atoms with Crippen molar-refractivity contribution in [2.24, 2.45) is 0 Å². The van der Waals surface area contributed by atoms with Gasteiger partial charge in [0.1, 0.15) is 15.0 Å². The van der Waals surface area contributed by atoms with Crippen molar-refractivity contribution in [3.63, 3.8) is 0 Å². The minimum absolute atomic E-state index is 0. The first-order valence-electron chi connectivity index (χ1n) is 1.74. The van der Waals surface area contributed by atoms with Crippen LogP contribution in [0.5, 0.6) is 0 Å². The molecule has 0 aliphatic rings. The predicted molar refractivity (Wildman–Crippen MR) is 26.5 cm³/mol. The van der Waals surface area contributed by atoms with E-state index in [9.17, 15) is 17.8 Å². The van der Waals surface area contributed by atoms with Crippen molar-refractivity contribution in [2.75, 3.05) is 0 Å². The quantitative estimate of drug-likeness (QED) is 0.262. The second kappa shape index (κ2) is 4.09. The zero-order chi connectivity index (χ0) is 7.65. The van der Waals surface area contributed by atoms with Crippen LogP contribution in [0.25, 0.3) is 0 Å². The van der Waals surface area contributed by atoms with Gasteiger partial charge in [-0.2, -0.15) is 0 Å². The van der Waals surface area contributed by atoms with Crippen molar-refractivity contribution in [1.82, 2.24) is 0 Å². The van der Waals surface area contributed by atoms with Crippen molar-refractivity contribution < 1.29 is 52.4 Å². The van der Waals surface area contributed by atoms with Crippen LogP contribution in [0.3, 0.4) is 0 Å². The molecule has 7 heteroatoms. The Bertz CT molecular complexity index is 240. The van der Waals surface area contributed by atoms with Crippen LogP contribution in [0.2, 0.25) is 0 Å². The van der Waals surface area contributed by atoms with E-state index in [0.717, 1.165) is 0 Å². The van der Waals surface area contributed by atoms with Gasteiger partial charge >= 0.3 is 35.5 Å². The summed E-state index contributed by atoms with van der Waals surface area (Å²) in [5, 5.41) is 7.84. The fraction of sp³-hybridized carbons (Fsp3) is 0. The Balaban J connectivity index is 0. The third-order valence-electron chi connectivity index (χ3n) is 0.540. The van der Waals surface area contributed by atoms with Gasteiger partial charge in [-0.25, -0.2) is 13.2 Å². The first-order chi connectivity index (χ1) is 3.85. The number of rotatable bonds is 2. The second-order valence-corrected chi connectivity index (χ2v) is 2.58. The second-order valence-electron chi connectivity index (χ2n) is 1.18. The Kier molecular flexibility index (Phi) is 5.23. The molecule has 0 fully saturated rings. The molecule has 52 valence electrons. The summed E-state index contributed by atoms with van der Waals surface area (Å²) < 4.78 is 29.2. The summed E-state index contributed by atoms with van der Waals surface area (Å²) in [6.45, 7) is 2.53. The summed E-state index contributed by atoms with van der Waals surface area (Å²) in [5.41, 5.74) is 0. The monoisotopic (exact) mass is 174 g/mol. The maximum Gasteiger partial charge on any atom is 1.00 e. The number of carboxylic acids is 1. The molecule has 0 rings (SSSR count). The van der Waals surface area contributed by atoms with Crippen LogP contribution in [0.15, 0.2) is 11.5 Å². The molecule has 10 heavy (non-hydrogen) atoms. The molecular weight excluding hydrogens is 171 g/mol. The van der Waals surface area contributed by atoms with Crippen LogP contribution in [0.4, 0.5) is 0 Å². The molecule has 0 bridgehead atoms. The average Bonchev–Trinajstić information content (AvgIpc) is 1.62. The molecular formula is C3H3NaO5S. The van der Waals surface area contributed by atoms with E-state index in [-0.39, 0.29) is 29.6 Å². The molecule has 0 amide bonds. The normalized spacial score (nSPS) is 9.70. The van der Waals surface area contributed by atoms with Crippen LogP contribution in [-0.2, 0) is 14.9 Å². The van der Waals surface area contributed by atoms with Gasteiger partial charge in [0, 0.05) is 0 Å². The Labute approximate surface area is 79.8 Å². The SMILES string of the molecule is C=C(C(=O)O)S(=O)(=O)[O-].[Na+]. The van der Waals surface area contributed by atoms with E-state index in [1.807, 2.05) is 0 Å². The Hall–Kier alpha value is 0.120. The third-order valence-corrected chi connectivity index (χ3v) is 1.32. The number of aliphatic carboxylic acids is 1. The van der Waals surface area contributed by atoms with Crippen LogP contribution < -0.4 is 29.6 Å². The maximum absolute atomic E-state index is 9.74. The first kappa shape index (κ1) is 12.8. The molecule has 0 aromatic carbocycles. The molecule has 0 aromatic rings. The summed E-state index contributed by atoms with van der Waals surface area (Å²) >= 11 is 0. The van der Waals surface area contributed by atoms with Crippen LogP contribution >= 0.6 is 0 Å². The van der Waals surface area contributed by atoms with Crippen molar-refractivity contribution >= 4 is 16.1 Å². The third kappa shape index (κ3) is 4.02. The molecule has 0 aliphatic carbocycles. The van der Waals surface area contributed by atoms with E-state index in [1.165, 1.54) is 0 Å². The maximum atomic E-state index is 9.74. The largest absolute Gasteiger partial charge is 1.00 e. The van der Waals surface area contributed by atoms with Crippen LogP contribution in [0, 0.1) is 0 Å². The molecule has 0 saturated heterocycles. The van der Waals surface area contributed by atoms with Gasteiger partial charge < -0.3 is 9.66 Å². The Morgan fingerprint density at radius 1 is 1.50 bits per heavy atom. The zero-order valence-electron chi connectivity index (χ0n) is 5.20. The summed E-state index contributed by atoms with van der Waals surface area (Å²) in [6, 6.07) is 0. The van der Waals surface area contributed by atoms with Gasteiger partial charge in [-0.3, -0.25) is 0 Å². The fourth-order valence-corrected chi connectivity index (χ4v) is 0.321. The minimum Gasteiger partial charge on any atom is -0.744 e. The molecule has 0 unspecified atom stereocenters. The van der Waals surface area contributed by atoms with Gasteiger partial charge in [-0.05, 0) is 0 Å². The summed E-state index contributed by atoms with van der Waals surface area (Å²) in [6.07, 6.45) is 0. The Morgan fingerprint density at radius 2 is 1.80 bits per heavy atom. The number of hydrogen-bond acceptors (Lipinski definition) is 4. The average molecular weight is 174 g/mol. The van der Waals surface area contributed by atoms with Crippen molar-refractivity contribution in [2.45, 2.75) is 0 Å². The zero-order valence-corrected chi connectivity index (χ0v) is 8.01. The molecule has 5 nitrogen and oxygen atoms in total. The summed E-state index contributed by atoms with van der Waals surface area (Å²) in [5.74, 6) is -1.81. The van der Waals surface area contributed by atoms with Gasteiger partial charge in [0.15, 0.2) is 0 Å². The van der Waals surface area contributed by atoms with Crippen molar-refractivity contribution in [3.05, 3.63) is 11.5 Å². The molecule has 0 spiro atoms. The molecule has 0 saturated carbocycles. The summed E-state index contributed by atoms with van der Waals surface area (Å²) in [4.78, 5) is 8.34. The van der Waals surface area contributed by atoms with E-state index in [1.54, 1.807) is 0 Å². The topological polar surface area (TPSA) is 94.5 Å². The molecule has 0 aliphatic heterocycles. The fourth-order valence-electron chi connectivity index (χ4n) is 0.107. The minimum atomic E-state index is -4.85. The summed E-state index contributed by atoms with van der Waals surface area (Å²) in [7, 11) is -4.85. The number of carboxylic acid groups (broad SMARTS) is 1. The van der Waals surface area contributed by atoms with E-state index >= 15 is 0 Å². The number of hydrogen-bond donors (Lipinski definition) is 1. The molecule has 0 radical (unpaired) electrons. The predicted octanol–water partition coefficient (Wildman–Crippen LogP) is -3.87. The molecule has 0 atom stereocenters. The standard InChI is InChI=1S/C3H4O5S.Na/c1-2(3(4)5)9(6,7)8;/h1H2,(H,4,5)(H,6,7,8);/q;+1/p-1. The Morgan fingerprint density at radius 3 is 1.80 bits per heavy atom. The molecule has 0 heterocycles. The van der Waals surface area contributed by atoms with E-state index < -0.39 is 21.0 Å². The van der Waals surface area contributed by atoms with Crippen molar-refractivity contribution in [1.29, 1.82) is 0 Å². The van der Waals surface area contributed by atoms with E-state index in [0.29, 0.717) is 0 Å². The van der Waals surface area contributed by atoms with Gasteiger partial charge in [0.25, 0.3) is 0 Å². The van der Waals surface area contributed by atoms with E-state index in [2.05, 4.69) is 6.58 Å². The van der Waals surface area contributed by atoms with E-state index in [4.69, 9.17) is 5.11 Å². The van der Waals surface area contributed by atoms with Crippen LogP contribution in [0.1, 0.15) is 0 Å². The molecule has 0 aromatic heterocycles. The van der Waals surface area contributed by atoms with Crippen molar-refractivity contribution in [3.8, 4) is 0 Å². The number of carbonyl (C=O) groups is 1. The van der Waals surface area contributed by atoms with Gasteiger partial charge in [-0.15, -0.1) is 0 Å². The smallest absolute Gasteiger partial charge is 0.744 e. The first-order valence-corrected chi connectivity index (χ1v) is 3.14. The van der Waals surface area contributed by atoms with Gasteiger partial charge in [0.05, 0.1) is 0 Å². The van der Waals surface area contributed by atoms with Gasteiger partial charge in [0.2, 0.25) is 0 Å². The van der Waals surface area contributed by atoms with Gasteiger partial charge in [-0.1, -0.05) is 6.58 Å².